The van der Waals surface area contributed by atoms with Crippen molar-refractivity contribution in [1.82, 2.24) is 15.1 Å². The molecule has 0 aromatic rings. The van der Waals surface area contributed by atoms with Gasteiger partial charge in [0.05, 0.1) is 6.61 Å². The highest BCUT2D eigenvalue weighted by Crippen LogP contribution is 2.42. The summed E-state index contributed by atoms with van der Waals surface area (Å²) < 4.78 is 5.62. The summed E-state index contributed by atoms with van der Waals surface area (Å²) in [5.41, 5.74) is 0. The standard InChI is InChI=1S/C18H36N4OS.HI/c1-19-17(20-10-7-11-21(2)12-14-23-3)22-13-15-24-18(16-22)8-5-4-6-9-18;/h4-16H2,1-3H3,(H,19,20);1H. The van der Waals surface area contributed by atoms with Crippen LogP contribution in [0.15, 0.2) is 4.99 Å². The zero-order valence-electron chi connectivity index (χ0n) is 16.3. The van der Waals surface area contributed by atoms with Crippen LogP contribution in [0.4, 0.5) is 0 Å². The Kier molecular flexibility index (Phi) is 11.8. The molecule has 0 aromatic carbocycles. The monoisotopic (exact) mass is 484 g/mol. The van der Waals surface area contributed by atoms with Gasteiger partial charge in [0.1, 0.15) is 0 Å². The Morgan fingerprint density at radius 3 is 2.72 bits per heavy atom. The van der Waals surface area contributed by atoms with Crippen LogP contribution in [-0.4, -0.2) is 86.8 Å². The van der Waals surface area contributed by atoms with E-state index < -0.39 is 0 Å². The lowest BCUT2D eigenvalue weighted by Crippen LogP contribution is -2.53. The number of guanidine groups is 1. The molecular formula is C18H37IN4OS. The number of hydrogen-bond donors (Lipinski definition) is 1. The third kappa shape index (κ3) is 7.81. The summed E-state index contributed by atoms with van der Waals surface area (Å²) in [6.07, 6.45) is 8.13. The molecule has 5 nitrogen and oxygen atoms in total. The first-order chi connectivity index (χ1) is 11.7. The third-order valence-electron chi connectivity index (χ3n) is 5.20. The van der Waals surface area contributed by atoms with Gasteiger partial charge in [0.25, 0.3) is 0 Å². The van der Waals surface area contributed by atoms with Gasteiger partial charge in [-0.2, -0.15) is 11.8 Å². The summed E-state index contributed by atoms with van der Waals surface area (Å²) in [4.78, 5) is 9.36. The quantitative estimate of drug-likeness (QED) is 0.261. The fraction of sp³-hybridized carbons (Fsp3) is 0.944. The second kappa shape index (κ2) is 12.6. The van der Waals surface area contributed by atoms with Crippen molar-refractivity contribution in [3.63, 3.8) is 0 Å². The molecule has 0 bridgehead atoms. The van der Waals surface area contributed by atoms with Gasteiger partial charge in [-0.25, -0.2) is 0 Å². The van der Waals surface area contributed by atoms with E-state index in [4.69, 9.17) is 4.74 Å². The number of aliphatic imine (C=N–C) groups is 1. The first-order valence-corrected chi connectivity index (χ1v) is 10.4. The van der Waals surface area contributed by atoms with E-state index in [1.54, 1.807) is 7.11 Å². The number of halogens is 1. The molecule has 25 heavy (non-hydrogen) atoms. The van der Waals surface area contributed by atoms with Crippen molar-refractivity contribution in [3.05, 3.63) is 0 Å². The fourth-order valence-electron chi connectivity index (χ4n) is 3.76. The molecule has 0 unspecified atom stereocenters. The Labute approximate surface area is 175 Å². The van der Waals surface area contributed by atoms with Crippen LogP contribution in [0.1, 0.15) is 38.5 Å². The molecular weight excluding hydrogens is 447 g/mol. The topological polar surface area (TPSA) is 40.1 Å². The minimum Gasteiger partial charge on any atom is -0.383 e. The minimum atomic E-state index is 0. The largest absolute Gasteiger partial charge is 0.383 e. The number of rotatable bonds is 7. The maximum Gasteiger partial charge on any atom is 0.193 e. The van der Waals surface area contributed by atoms with Gasteiger partial charge in [0, 0.05) is 50.8 Å². The Bertz CT molecular complexity index is 386. The summed E-state index contributed by atoms with van der Waals surface area (Å²) in [7, 11) is 5.83. The molecule has 1 aliphatic carbocycles. The summed E-state index contributed by atoms with van der Waals surface area (Å²) in [5, 5.41) is 3.58. The molecule has 7 heteroatoms. The van der Waals surface area contributed by atoms with Crippen molar-refractivity contribution in [1.29, 1.82) is 0 Å². The molecule has 2 fully saturated rings. The molecule has 1 heterocycles. The lowest BCUT2D eigenvalue weighted by atomic mass is 9.87. The molecule has 1 aliphatic heterocycles. The van der Waals surface area contributed by atoms with Crippen LogP contribution < -0.4 is 5.32 Å². The van der Waals surface area contributed by atoms with Crippen LogP contribution in [0.25, 0.3) is 0 Å². The van der Waals surface area contributed by atoms with Crippen molar-refractivity contribution in [2.45, 2.75) is 43.3 Å². The minimum absolute atomic E-state index is 0. The zero-order valence-corrected chi connectivity index (χ0v) is 19.4. The van der Waals surface area contributed by atoms with Crippen LogP contribution in [-0.2, 0) is 4.74 Å². The van der Waals surface area contributed by atoms with E-state index >= 15 is 0 Å². The van der Waals surface area contributed by atoms with E-state index in [-0.39, 0.29) is 24.0 Å². The number of methoxy groups -OCH3 is 1. The van der Waals surface area contributed by atoms with Crippen molar-refractivity contribution >= 4 is 41.7 Å². The SMILES string of the molecule is CN=C(NCCCN(C)CCOC)N1CCSC2(CCCCC2)C1.I. The van der Waals surface area contributed by atoms with Crippen LogP contribution in [0.5, 0.6) is 0 Å². The van der Waals surface area contributed by atoms with Crippen molar-refractivity contribution < 1.29 is 4.74 Å². The lowest BCUT2D eigenvalue weighted by Gasteiger charge is -2.45. The van der Waals surface area contributed by atoms with Gasteiger partial charge in [0.2, 0.25) is 0 Å². The predicted molar refractivity (Wildman–Crippen MR) is 121 cm³/mol. The van der Waals surface area contributed by atoms with Gasteiger partial charge in [-0.1, -0.05) is 19.3 Å². The molecule has 2 rings (SSSR count). The summed E-state index contributed by atoms with van der Waals surface area (Å²) in [6, 6.07) is 0. The molecule has 1 saturated heterocycles. The van der Waals surface area contributed by atoms with Crippen molar-refractivity contribution in [2.75, 3.05) is 66.3 Å². The molecule has 148 valence electrons. The van der Waals surface area contributed by atoms with Crippen LogP contribution in [0, 0.1) is 0 Å². The highest BCUT2D eigenvalue weighted by Gasteiger charge is 2.38. The molecule has 0 amide bonds. The summed E-state index contributed by atoms with van der Waals surface area (Å²) in [5.74, 6) is 2.33. The lowest BCUT2D eigenvalue weighted by molar-refractivity contribution is 0.161. The highest BCUT2D eigenvalue weighted by molar-refractivity contribution is 14.0. The van der Waals surface area contributed by atoms with Gasteiger partial charge in [-0.15, -0.1) is 24.0 Å². The normalized spacial score (nSPS) is 20.6. The van der Waals surface area contributed by atoms with Crippen LogP contribution in [0.3, 0.4) is 0 Å². The molecule has 0 aromatic heterocycles. The molecule has 1 spiro atoms. The van der Waals surface area contributed by atoms with E-state index in [1.807, 2.05) is 7.05 Å². The van der Waals surface area contributed by atoms with Crippen molar-refractivity contribution in [3.8, 4) is 0 Å². The Hall–Kier alpha value is 0.270. The Morgan fingerprint density at radius 1 is 1.28 bits per heavy atom. The van der Waals surface area contributed by atoms with E-state index in [0.29, 0.717) is 4.75 Å². The smallest absolute Gasteiger partial charge is 0.193 e. The van der Waals surface area contributed by atoms with E-state index in [0.717, 1.165) is 45.2 Å². The van der Waals surface area contributed by atoms with Crippen LogP contribution >= 0.6 is 35.7 Å². The summed E-state index contributed by atoms with van der Waals surface area (Å²) >= 11 is 2.22. The van der Waals surface area contributed by atoms with E-state index in [2.05, 4.69) is 38.9 Å². The predicted octanol–water partition coefficient (Wildman–Crippen LogP) is 2.90. The van der Waals surface area contributed by atoms with E-state index in [1.165, 1.54) is 44.4 Å². The highest BCUT2D eigenvalue weighted by atomic mass is 127. The average Bonchev–Trinajstić information content (AvgIpc) is 2.60. The number of likely N-dealkylation sites (N-methyl/N-ethyl adjacent to an activating group) is 1. The molecule has 1 saturated carbocycles. The Balaban J connectivity index is 0.00000312. The molecule has 1 N–H and O–H groups in total. The van der Waals surface area contributed by atoms with E-state index in [9.17, 15) is 0 Å². The van der Waals surface area contributed by atoms with Crippen LogP contribution in [0.2, 0.25) is 0 Å². The number of nitrogens with zero attached hydrogens (tertiary/aromatic N) is 3. The second-order valence-corrected chi connectivity index (χ2v) is 8.70. The van der Waals surface area contributed by atoms with Gasteiger partial charge in [0.15, 0.2) is 5.96 Å². The molecule has 0 radical (unpaired) electrons. The van der Waals surface area contributed by atoms with Gasteiger partial charge >= 0.3 is 0 Å². The summed E-state index contributed by atoms with van der Waals surface area (Å²) in [6.45, 7) is 6.18. The van der Waals surface area contributed by atoms with Gasteiger partial charge in [-0.05, 0) is 32.9 Å². The first kappa shape index (κ1) is 23.3. The number of nitrogens with one attached hydrogen (secondary N) is 1. The second-order valence-electron chi connectivity index (χ2n) is 7.14. The maximum absolute atomic E-state index is 5.12. The Morgan fingerprint density at radius 2 is 2.04 bits per heavy atom. The van der Waals surface area contributed by atoms with Gasteiger partial charge < -0.3 is 19.9 Å². The zero-order chi connectivity index (χ0) is 17.3. The third-order valence-corrected chi connectivity index (χ3v) is 6.74. The molecule has 2 aliphatic rings. The molecule has 0 atom stereocenters. The number of thioether (sulfide) groups is 1. The van der Waals surface area contributed by atoms with Crippen molar-refractivity contribution in [2.24, 2.45) is 4.99 Å². The number of ether oxygens (including phenoxy) is 1. The first-order valence-electron chi connectivity index (χ1n) is 9.46. The number of hydrogen-bond acceptors (Lipinski definition) is 4. The average molecular weight is 484 g/mol. The fourth-order valence-corrected chi connectivity index (χ4v) is 5.33. The van der Waals surface area contributed by atoms with Gasteiger partial charge in [-0.3, -0.25) is 4.99 Å². The maximum atomic E-state index is 5.12.